The Hall–Kier alpha value is -2.46. The smallest absolute Gasteiger partial charge is 0.360 e. The van der Waals surface area contributed by atoms with Crippen LogP contribution < -0.4 is 15.7 Å². The first-order valence-electron chi connectivity index (χ1n) is 11.2. The van der Waals surface area contributed by atoms with Gasteiger partial charge in [0.05, 0.1) is 5.60 Å². The lowest BCUT2D eigenvalue weighted by Gasteiger charge is -2.46. The van der Waals surface area contributed by atoms with E-state index in [4.69, 9.17) is 18.6 Å². The third kappa shape index (κ3) is 5.38. The molecule has 1 aliphatic rings. The molecule has 1 amide bonds. The zero-order valence-corrected chi connectivity index (χ0v) is 19.7. The minimum atomic E-state index is -1.35. The Kier molecular flexibility index (Phi) is 7.79. The number of methoxy groups -OCH3 is 1. The van der Waals surface area contributed by atoms with Crippen LogP contribution in [0.1, 0.15) is 52.0 Å². The summed E-state index contributed by atoms with van der Waals surface area (Å²) in [5.74, 6) is 0.0932. The van der Waals surface area contributed by atoms with Gasteiger partial charge in [0.15, 0.2) is 0 Å². The highest BCUT2D eigenvalue weighted by Gasteiger charge is 2.50. The largest absolute Gasteiger partial charge is 0.462 e. The van der Waals surface area contributed by atoms with Crippen molar-refractivity contribution in [3.05, 3.63) is 34.2 Å². The number of carbonyl (C=O) groups is 1. The Bertz CT molecular complexity index is 1050. The summed E-state index contributed by atoms with van der Waals surface area (Å²) in [5, 5.41) is 24.2. The van der Waals surface area contributed by atoms with Crippen LogP contribution in [-0.4, -0.2) is 53.4 Å². The maximum Gasteiger partial charge on any atom is 0.360 e. The van der Waals surface area contributed by atoms with Gasteiger partial charge in [-0.2, -0.15) is 0 Å². The van der Waals surface area contributed by atoms with E-state index in [1.54, 1.807) is 39.0 Å². The number of hydrogen-bond acceptors (Lipinski definition) is 8. The molecule has 182 valence electrons. The van der Waals surface area contributed by atoms with Gasteiger partial charge in [-0.1, -0.05) is 19.8 Å². The van der Waals surface area contributed by atoms with Crippen molar-refractivity contribution in [1.82, 2.24) is 0 Å². The van der Waals surface area contributed by atoms with Crippen molar-refractivity contribution >= 4 is 22.6 Å². The minimum Gasteiger partial charge on any atom is -0.462 e. The second-order valence-electron chi connectivity index (χ2n) is 8.90. The number of unbranched alkanes of at least 4 members (excludes halogenated alkanes) is 2. The van der Waals surface area contributed by atoms with Gasteiger partial charge in [0.1, 0.15) is 35.3 Å². The van der Waals surface area contributed by atoms with Crippen LogP contribution >= 0.6 is 0 Å². The monoisotopic (exact) mass is 463 g/mol. The van der Waals surface area contributed by atoms with Crippen LogP contribution in [0, 0.1) is 6.92 Å². The maximum absolute atomic E-state index is 12.5. The van der Waals surface area contributed by atoms with Crippen molar-refractivity contribution in [1.29, 1.82) is 0 Å². The van der Waals surface area contributed by atoms with Gasteiger partial charge in [-0.3, -0.25) is 4.79 Å². The van der Waals surface area contributed by atoms with Gasteiger partial charge in [-0.15, -0.1) is 0 Å². The van der Waals surface area contributed by atoms with Crippen molar-refractivity contribution < 1.29 is 33.6 Å². The predicted octanol–water partition coefficient (Wildman–Crippen LogP) is 2.87. The molecule has 0 radical (unpaired) electrons. The summed E-state index contributed by atoms with van der Waals surface area (Å²) in [5.41, 5.74) is -0.693. The lowest BCUT2D eigenvalue weighted by atomic mass is 9.89. The van der Waals surface area contributed by atoms with Crippen molar-refractivity contribution in [2.45, 2.75) is 83.6 Å². The molecule has 1 fully saturated rings. The molecule has 1 aliphatic heterocycles. The number of ether oxygens (including phenoxy) is 3. The molecule has 2 aromatic rings. The molecule has 0 spiro atoms. The van der Waals surface area contributed by atoms with Gasteiger partial charge in [0, 0.05) is 24.5 Å². The molecule has 33 heavy (non-hydrogen) atoms. The van der Waals surface area contributed by atoms with Gasteiger partial charge in [0.2, 0.25) is 12.2 Å². The summed E-state index contributed by atoms with van der Waals surface area (Å²) in [6, 6.07) is 4.90. The van der Waals surface area contributed by atoms with E-state index in [0.717, 1.165) is 19.3 Å². The van der Waals surface area contributed by atoms with Gasteiger partial charge < -0.3 is 34.2 Å². The zero-order chi connectivity index (χ0) is 24.3. The number of hydrogen-bond donors (Lipinski definition) is 3. The lowest BCUT2D eigenvalue weighted by Crippen LogP contribution is -2.63. The predicted molar refractivity (Wildman–Crippen MR) is 122 cm³/mol. The first-order chi connectivity index (χ1) is 15.6. The number of nitrogens with one attached hydrogen (secondary N) is 1. The van der Waals surface area contributed by atoms with E-state index in [0.29, 0.717) is 28.7 Å². The van der Waals surface area contributed by atoms with E-state index < -0.39 is 35.8 Å². The minimum absolute atomic E-state index is 0.0820. The number of carbonyl (C=O) groups excluding carboxylic acids is 1. The van der Waals surface area contributed by atoms with E-state index in [1.165, 1.54) is 7.11 Å². The van der Waals surface area contributed by atoms with E-state index in [2.05, 4.69) is 12.2 Å². The number of anilines is 1. The van der Waals surface area contributed by atoms with Crippen LogP contribution in [0.5, 0.6) is 5.75 Å². The SMILES string of the molecule is CCCCCC(=O)Nc1cc2ccc(O[C@@H]3OC(C)(C)[C@H](OC)[C@@H](O)[C@H]3O)c(C)c2oc1=O. The molecular formula is C24H33NO8. The quantitative estimate of drug-likeness (QED) is 0.403. The highest BCUT2D eigenvalue weighted by Crippen LogP contribution is 2.35. The summed E-state index contributed by atoms with van der Waals surface area (Å²) in [7, 11) is 1.43. The fraction of sp³-hybridized carbons (Fsp3) is 0.583. The summed E-state index contributed by atoms with van der Waals surface area (Å²) in [6.07, 6.45) is -1.42. The summed E-state index contributed by atoms with van der Waals surface area (Å²) in [6.45, 7) is 7.23. The number of fused-ring (bicyclic) bond motifs is 1. The molecular weight excluding hydrogens is 430 g/mol. The molecule has 2 heterocycles. The molecule has 0 aliphatic carbocycles. The molecule has 1 aromatic carbocycles. The third-order valence-corrected chi connectivity index (χ3v) is 5.92. The number of rotatable bonds is 8. The third-order valence-electron chi connectivity index (χ3n) is 5.92. The molecule has 3 N–H and O–H groups in total. The summed E-state index contributed by atoms with van der Waals surface area (Å²) in [4.78, 5) is 24.6. The van der Waals surface area contributed by atoms with Crippen LogP contribution in [0.2, 0.25) is 0 Å². The Balaban J connectivity index is 1.83. The molecule has 9 heteroatoms. The molecule has 4 atom stereocenters. The molecule has 0 bridgehead atoms. The van der Waals surface area contributed by atoms with Crippen LogP contribution in [-0.2, 0) is 14.3 Å². The van der Waals surface area contributed by atoms with Gasteiger partial charge in [-0.25, -0.2) is 4.79 Å². The van der Waals surface area contributed by atoms with Crippen molar-refractivity contribution in [2.24, 2.45) is 0 Å². The Morgan fingerprint density at radius 1 is 1.21 bits per heavy atom. The molecule has 9 nitrogen and oxygen atoms in total. The molecule has 0 unspecified atom stereocenters. The maximum atomic E-state index is 12.5. The zero-order valence-electron chi connectivity index (χ0n) is 19.7. The number of benzene rings is 1. The highest BCUT2D eigenvalue weighted by atomic mass is 16.7. The van der Waals surface area contributed by atoms with Gasteiger partial charge >= 0.3 is 5.63 Å². The van der Waals surface area contributed by atoms with Crippen LogP contribution in [0.25, 0.3) is 11.0 Å². The molecule has 1 aromatic heterocycles. The lowest BCUT2D eigenvalue weighted by molar-refractivity contribution is -0.306. The van der Waals surface area contributed by atoms with E-state index in [-0.39, 0.29) is 11.6 Å². The molecule has 1 saturated heterocycles. The first-order valence-corrected chi connectivity index (χ1v) is 11.2. The molecule has 3 rings (SSSR count). The Labute approximate surface area is 192 Å². The second-order valence-corrected chi connectivity index (χ2v) is 8.90. The highest BCUT2D eigenvalue weighted by molar-refractivity contribution is 5.93. The standard InChI is InChI=1S/C24H33NO8/c1-6-7-8-9-17(26)25-15-12-14-10-11-16(13(2)20(14)32-22(15)29)31-23-19(28)18(27)21(30-5)24(3,4)33-23/h10-12,18-19,21,23,27-28H,6-9H2,1-5H3,(H,25,26)/t18-,19+,21+,23+/m0/s1. The van der Waals surface area contributed by atoms with Gasteiger partial charge in [-0.05, 0) is 45.4 Å². The van der Waals surface area contributed by atoms with Crippen molar-refractivity contribution in [3.8, 4) is 5.75 Å². The fourth-order valence-corrected chi connectivity index (χ4v) is 4.10. The van der Waals surface area contributed by atoms with Crippen LogP contribution in [0.3, 0.4) is 0 Å². The van der Waals surface area contributed by atoms with E-state index >= 15 is 0 Å². The average Bonchev–Trinajstić information content (AvgIpc) is 2.75. The van der Waals surface area contributed by atoms with Crippen LogP contribution in [0.15, 0.2) is 27.4 Å². The second kappa shape index (κ2) is 10.2. The first kappa shape index (κ1) is 25.2. The van der Waals surface area contributed by atoms with E-state index in [9.17, 15) is 19.8 Å². The van der Waals surface area contributed by atoms with Gasteiger partial charge in [0.25, 0.3) is 0 Å². The summed E-state index contributed by atoms with van der Waals surface area (Å²) < 4.78 is 22.5. The summed E-state index contributed by atoms with van der Waals surface area (Å²) >= 11 is 0. The fourth-order valence-electron chi connectivity index (χ4n) is 4.10. The topological polar surface area (TPSA) is 127 Å². The van der Waals surface area contributed by atoms with Crippen molar-refractivity contribution in [2.75, 3.05) is 12.4 Å². The number of aryl methyl sites for hydroxylation is 1. The normalized spacial score (nSPS) is 24.6. The van der Waals surface area contributed by atoms with Crippen LogP contribution in [0.4, 0.5) is 5.69 Å². The Morgan fingerprint density at radius 2 is 1.94 bits per heavy atom. The average molecular weight is 464 g/mol. The number of amides is 1. The number of aliphatic hydroxyl groups excluding tert-OH is 2. The number of aliphatic hydroxyl groups is 2. The van der Waals surface area contributed by atoms with E-state index in [1.807, 2.05) is 0 Å². The van der Waals surface area contributed by atoms with Crippen molar-refractivity contribution in [3.63, 3.8) is 0 Å². The molecule has 0 saturated carbocycles. The Morgan fingerprint density at radius 3 is 2.61 bits per heavy atom.